The number of nitrogens with one attached hydrogen (secondary N) is 3. The topological polar surface area (TPSA) is 85.8 Å². The molecule has 1 unspecified atom stereocenters. The second kappa shape index (κ2) is 11.8. The number of amidine groups is 1. The Morgan fingerprint density at radius 3 is 2.44 bits per heavy atom. The quantitative estimate of drug-likeness (QED) is 0.282. The van der Waals surface area contributed by atoms with Gasteiger partial charge in [-0.05, 0) is 68.0 Å². The second-order valence-electron chi connectivity index (χ2n) is 8.24. The van der Waals surface area contributed by atoms with Crippen molar-refractivity contribution in [1.29, 1.82) is 0 Å². The summed E-state index contributed by atoms with van der Waals surface area (Å²) in [5.41, 5.74) is 3.58. The Bertz CT molecular complexity index is 1280. The van der Waals surface area contributed by atoms with E-state index < -0.39 is 0 Å². The van der Waals surface area contributed by atoms with Crippen LogP contribution in [-0.2, 0) is 9.59 Å². The lowest BCUT2D eigenvalue weighted by Gasteiger charge is -2.16. The molecule has 0 aromatic heterocycles. The minimum absolute atomic E-state index is 0.0621. The lowest BCUT2D eigenvalue weighted by atomic mass is 10.2. The van der Waals surface area contributed by atoms with Crippen LogP contribution in [0.3, 0.4) is 0 Å². The number of aryl methyl sites for hydroxylation is 1. The number of hydrogen-bond acceptors (Lipinski definition) is 5. The predicted octanol–water partition coefficient (Wildman–Crippen LogP) is 5.54. The Kier molecular flexibility index (Phi) is 8.35. The van der Waals surface area contributed by atoms with Crippen LogP contribution < -0.4 is 21.0 Å². The molecular formula is C27H27N5O2S2. The molecule has 0 aliphatic carbocycles. The van der Waals surface area contributed by atoms with Gasteiger partial charge in [-0.1, -0.05) is 48.9 Å². The first-order chi connectivity index (χ1) is 17.4. The van der Waals surface area contributed by atoms with E-state index in [2.05, 4.69) is 21.1 Å². The Balaban J connectivity index is 1.35. The largest absolute Gasteiger partial charge is 0.332 e. The van der Waals surface area contributed by atoms with Crippen LogP contribution in [0, 0.1) is 6.92 Å². The summed E-state index contributed by atoms with van der Waals surface area (Å²) in [6.07, 6.45) is 0.678. The van der Waals surface area contributed by atoms with Gasteiger partial charge in [0.1, 0.15) is 5.84 Å². The van der Waals surface area contributed by atoms with Crippen molar-refractivity contribution >= 4 is 63.8 Å². The standard InChI is InChI=1S/C27H27N5O2S2/c1-3-23(26(34)30-24-17-25(33)32(31-24)21-9-5-4-6-10-21)36-22-11-7-8-20(16-22)29-27(35)28-19-14-12-18(2)13-15-19/h4-16,23H,3,17H2,1-2H3,(H2,28,29,35)(H,30,31,34). The average Bonchev–Trinajstić information content (AvgIpc) is 3.24. The lowest BCUT2D eigenvalue weighted by Crippen LogP contribution is -2.36. The third-order valence-corrected chi connectivity index (χ3v) is 6.95. The molecule has 2 amide bonds. The summed E-state index contributed by atoms with van der Waals surface area (Å²) in [4.78, 5) is 26.3. The summed E-state index contributed by atoms with van der Waals surface area (Å²) in [6.45, 7) is 3.99. The molecule has 36 heavy (non-hydrogen) atoms. The van der Waals surface area contributed by atoms with E-state index in [1.807, 2.05) is 80.6 Å². The summed E-state index contributed by atoms with van der Waals surface area (Å²) in [5.74, 6) is 0.000856. The number of para-hydroxylation sites is 1. The van der Waals surface area contributed by atoms with Crippen LogP contribution in [0.1, 0.15) is 25.3 Å². The van der Waals surface area contributed by atoms with Gasteiger partial charge in [0.05, 0.1) is 17.4 Å². The minimum atomic E-state index is -0.346. The van der Waals surface area contributed by atoms with E-state index in [1.54, 1.807) is 12.1 Å². The van der Waals surface area contributed by atoms with Crippen LogP contribution in [-0.4, -0.2) is 28.0 Å². The summed E-state index contributed by atoms with van der Waals surface area (Å²) >= 11 is 6.90. The van der Waals surface area contributed by atoms with E-state index in [1.165, 1.54) is 22.3 Å². The van der Waals surface area contributed by atoms with Crippen molar-refractivity contribution in [3.8, 4) is 0 Å². The zero-order chi connectivity index (χ0) is 25.5. The van der Waals surface area contributed by atoms with Gasteiger partial charge in [-0.25, -0.2) is 0 Å². The maximum absolute atomic E-state index is 13.0. The van der Waals surface area contributed by atoms with Crippen LogP contribution in [0.25, 0.3) is 0 Å². The van der Waals surface area contributed by atoms with E-state index in [4.69, 9.17) is 12.2 Å². The number of thiocarbonyl (C=S) groups is 1. The van der Waals surface area contributed by atoms with Crippen molar-refractivity contribution in [1.82, 2.24) is 5.32 Å². The molecule has 184 valence electrons. The number of anilines is 3. The van der Waals surface area contributed by atoms with Crippen LogP contribution in [0.15, 0.2) is 88.9 Å². The van der Waals surface area contributed by atoms with Gasteiger partial charge in [-0.15, -0.1) is 11.8 Å². The molecule has 3 aromatic rings. The fourth-order valence-electron chi connectivity index (χ4n) is 3.56. The molecule has 0 radical (unpaired) electrons. The van der Waals surface area contributed by atoms with Crippen LogP contribution in [0.2, 0.25) is 0 Å². The molecule has 1 atom stereocenters. The van der Waals surface area contributed by atoms with Crippen molar-refractivity contribution in [2.24, 2.45) is 5.10 Å². The van der Waals surface area contributed by atoms with Gasteiger partial charge in [0.15, 0.2) is 5.11 Å². The second-order valence-corrected chi connectivity index (χ2v) is 9.93. The zero-order valence-corrected chi connectivity index (χ0v) is 21.7. The number of thioether (sulfide) groups is 1. The number of carbonyl (C=O) groups is 2. The lowest BCUT2D eigenvalue weighted by molar-refractivity contribution is -0.119. The number of hydrazone groups is 1. The Morgan fingerprint density at radius 2 is 1.72 bits per heavy atom. The van der Waals surface area contributed by atoms with Gasteiger partial charge < -0.3 is 16.0 Å². The number of nitrogens with zero attached hydrogens (tertiary/aromatic N) is 2. The Hall–Kier alpha value is -3.69. The Labute approximate surface area is 220 Å². The molecule has 1 aliphatic heterocycles. The molecule has 4 rings (SSSR count). The molecular weight excluding hydrogens is 490 g/mol. The number of carbonyl (C=O) groups excluding carboxylic acids is 2. The third kappa shape index (κ3) is 6.71. The molecule has 3 aromatic carbocycles. The molecule has 0 bridgehead atoms. The zero-order valence-electron chi connectivity index (χ0n) is 20.0. The van der Waals surface area contributed by atoms with Crippen molar-refractivity contribution in [3.63, 3.8) is 0 Å². The van der Waals surface area contributed by atoms with Crippen LogP contribution >= 0.6 is 24.0 Å². The Morgan fingerprint density at radius 1 is 1.00 bits per heavy atom. The van der Waals surface area contributed by atoms with Gasteiger partial charge in [-0.3, -0.25) is 9.59 Å². The maximum atomic E-state index is 13.0. The first kappa shape index (κ1) is 25.4. The highest BCUT2D eigenvalue weighted by Crippen LogP contribution is 2.28. The summed E-state index contributed by atoms with van der Waals surface area (Å²) < 4.78 is 0. The summed E-state index contributed by atoms with van der Waals surface area (Å²) in [6, 6.07) is 24.9. The maximum Gasteiger partial charge on any atom is 0.255 e. The van der Waals surface area contributed by atoms with Gasteiger partial charge in [-0.2, -0.15) is 10.1 Å². The fourth-order valence-corrected chi connectivity index (χ4v) is 4.81. The number of rotatable bonds is 7. The van der Waals surface area contributed by atoms with Gasteiger partial charge in [0, 0.05) is 16.3 Å². The average molecular weight is 518 g/mol. The number of benzene rings is 3. The summed E-state index contributed by atoms with van der Waals surface area (Å²) in [7, 11) is 0. The van der Waals surface area contributed by atoms with Crippen molar-refractivity contribution in [2.75, 3.05) is 15.6 Å². The van der Waals surface area contributed by atoms with Gasteiger partial charge >= 0.3 is 0 Å². The molecule has 3 N–H and O–H groups in total. The molecule has 0 saturated carbocycles. The van der Waals surface area contributed by atoms with Crippen molar-refractivity contribution < 1.29 is 9.59 Å². The van der Waals surface area contributed by atoms with Gasteiger partial charge in [0.2, 0.25) is 5.91 Å². The van der Waals surface area contributed by atoms with Crippen molar-refractivity contribution in [3.05, 3.63) is 84.4 Å². The van der Waals surface area contributed by atoms with Crippen molar-refractivity contribution in [2.45, 2.75) is 36.8 Å². The third-order valence-electron chi connectivity index (χ3n) is 5.39. The molecule has 0 spiro atoms. The molecule has 0 saturated heterocycles. The molecule has 9 heteroatoms. The minimum Gasteiger partial charge on any atom is -0.332 e. The van der Waals surface area contributed by atoms with Crippen LogP contribution in [0.4, 0.5) is 17.1 Å². The van der Waals surface area contributed by atoms with E-state index in [0.717, 1.165) is 16.3 Å². The SMILES string of the molecule is CCC(Sc1cccc(NC(=S)Nc2ccc(C)cc2)c1)C(=O)NC1=NN(c2ccccc2)C(=O)C1. The molecule has 1 aliphatic rings. The predicted molar refractivity (Wildman–Crippen MR) is 152 cm³/mol. The normalized spacial score (nSPS) is 13.7. The number of amides is 2. The highest BCUT2D eigenvalue weighted by molar-refractivity contribution is 8.00. The van der Waals surface area contributed by atoms with Gasteiger partial charge in [0.25, 0.3) is 5.91 Å². The summed E-state index contributed by atoms with van der Waals surface area (Å²) in [5, 5.41) is 15.0. The molecule has 0 fully saturated rings. The molecule has 7 nitrogen and oxygen atoms in total. The first-order valence-electron chi connectivity index (χ1n) is 11.6. The van der Waals surface area contributed by atoms with E-state index >= 15 is 0 Å². The highest BCUT2D eigenvalue weighted by atomic mass is 32.2. The fraction of sp³-hybridized carbons (Fsp3) is 0.185. The first-order valence-corrected chi connectivity index (χ1v) is 12.9. The van der Waals surface area contributed by atoms with E-state index in [-0.39, 0.29) is 23.5 Å². The number of hydrogen-bond donors (Lipinski definition) is 3. The monoisotopic (exact) mass is 517 g/mol. The van der Waals surface area contributed by atoms with E-state index in [0.29, 0.717) is 23.1 Å². The van der Waals surface area contributed by atoms with E-state index in [9.17, 15) is 9.59 Å². The van der Waals surface area contributed by atoms with Crippen LogP contribution in [0.5, 0.6) is 0 Å². The highest BCUT2D eigenvalue weighted by Gasteiger charge is 2.28. The smallest absolute Gasteiger partial charge is 0.255 e. The molecule has 1 heterocycles.